The number of Topliss-reactive ketones (excluding diaryl/α,β-unsaturated/α-hetero) is 1. The van der Waals surface area contributed by atoms with Crippen molar-refractivity contribution in [1.29, 1.82) is 0 Å². The first-order valence-corrected chi connectivity index (χ1v) is 8.41. The number of nitrogens with one attached hydrogen (secondary N) is 1. The summed E-state index contributed by atoms with van der Waals surface area (Å²) in [5, 5.41) is 19.4. The zero-order valence-corrected chi connectivity index (χ0v) is 14.8. The molecule has 0 unspecified atom stereocenters. The number of hydrogen-bond donors (Lipinski definition) is 1. The van der Waals surface area contributed by atoms with Crippen LogP contribution in [-0.4, -0.2) is 43.0 Å². The highest BCUT2D eigenvalue weighted by Crippen LogP contribution is 2.34. The van der Waals surface area contributed by atoms with E-state index in [0.29, 0.717) is 15.7 Å². The van der Waals surface area contributed by atoms with Gasteiger partial charge >= 0.3 is 5.97 Å². The van der Waals surface area contributed by atoms with E-state index in [-0.39, 0.29) is 11.3 Å². The van der Waals surface area contributed by atoms with Gasteiger partial charge in [0.05, 0.1) is 21.1 Å². The van der Waals surface area contributed by atoms with E-state index in [1.807, 2.05) is 0 Å². The van der Waals surface area contributed by atoms with Gasteiger partial charge in [0.1, 0.15) is 6.33 Å². The van der Waals surface area contributed by atoms with Crippen molar-refractivity contribution < 1.29 is 19.2 Å². The fourth-order valence-electron chi connectivity index (χ4n) is 2.13. The van der Waals surface area contributed by atoms with Crippen molar-refractivity contribution >= 4 is 29.2 Å². The number of aromatic amines is 1. The summed E-state index contributed by atoms with van der Waals surface area (Å²) in [7, 11) is 1.71. The van der Waals surface area contributed by atoms with Crippen LogP contribution in [0.1, 0.15) is 20.8 Å². The van der Waals surface area contributed by atoms with E-state index in [9.17, 15) is 19.7 Å². The average Bonchev–Trinajstić information content (AvgIpc) is 3.32. The Kier molecular flexibility index (Phi) is 5.31. The van der Waals surface area contributed by atoms with Gasteiger partial charge in [0, 0.05) is 19.3 Å². The van der Waals surface area contributed by atoms with Crippen LogP contribution >= 0.6 is 11.8 Å². The maximum atomic E-state index is 12.1. The van der Waals surface area contributed by atoms with Crippen LogP contribution in [0.15, 0.2) is 52.9 Å². The van der Waals surface area contributed by atoms with Crippen LogP contribution in [-0.2, 0) is 11.8 Å². The topological polar surface area (TPSA) is 133 Å². The quantitative estimate of drug-likeness (QED) is 0.282. The number of ether oxygens (including phenoxy) is 1. The number of carbonyl (C=O) groups is 2. The van der Waals surface area contributed by atoms with Crippen LogP contribution < -0.4 is 0 Å². The summed E-state index contributed by atoms with van der Waals surface area (Å²) in [4.78, 5) is 37.8. The van der Waals surface area contributed by atoms with E-state index in [1.54, 1.807) is 29.9 Å². The molecule has 0 saturated heterocycles. The lowest BCUT2D eigenvalue weighted by atomic mass is 10.2. The molecule has 3 rings (SSSR count). The first kappa shape index (κ1) is 18.3. The fraction of sp³-hybridized carbons (Fsp3) is 0.125. The van der Waals surface area contributed by atoms with Gasteiger partial charge in [0.15, 0.2) is 11.8 Å². The lowest BCUT2D eigenvalue weighted by Crippen LogP contribution is -2.14. The zero-order chi connectivity index (χ0) is 19.4. The first-order valence-electron chi connectivity index (χ1n) is 7.59. The molecule has 0 bridgehead atoms. The molecule has 2 aromatic heterocycles. The number of carbonyl (C=O) groups excluding carboxylic acids is 2. The smallest absolute Gasteiger partial charge is 0.338 e. The Morgan fingerprint density at radius 3 is 2.81 bits per heavy atom. The van der Waals surface area contributed by atoms with Gasteiger partial charge in [0.2, 0.25) is 5.78 Å². The van der Waals surface area contributed by atoms with Gasteiger partial charge in [-0.25, -0.2) is 4.79 Å². The molecule has 0 amide bonds. The number of benzene rings is 1. The summed E-state index contributed by atoms with van der Waals surface area (Å²) in [5.74, 6) is -1.23. The van der Waals surface area contributed by atoms with Crippen LogP contribution in [0.25, 0.3) is 0 Å². The van der Waals surface area contributed by atoms with Gasteiger partial charge in [-0.15, -0.1) is 10.2 Å². The van der Waals surface area contributed by atoms with Crippen molar-refractivity contribution in [2.24, 2.45) is 7.05 Å². The molecule has 1 aromatic carbocycles. The summed E-state index contributed by atoms with van der Waals surface area (Å²) in [6, 6.07) is 7.14. The van der Waals surface area contributed by atoms with Gasteiger partial charge in [-0.2, -0.15) is 0 Å². The van der Waals surface area contributed by atoms with Gasteiger partial charge in [-0.05, 0) is 36.0 Å². The molecule has 11 heteroatoms. The number of aromatic nitrogens is 4. The molecule has 0 aliphatic carbocycles. The molecule has 1 N–H and O–H groups in total. The van der Waals surface area contributed by atoms with Crippen molar-refractivity contribution in [3.63, 3.8) is 0 Å². The second-order valence-electron chi connectivity index (χ2n) is 5.35. The van der Waals surface area contributed by atoms with Crippen LogP contribution in [0.4, 0.5) is 5.69 Å². The Hall–Kier alpha value is -3.47. The normalized spacial score (nSPS) is 10.6. The largest absolute Gasteiger partial charge is 0.454 e. The third kappa shape index (κ3) is 4.20. The Balaban J connectivity index is 1.75. The summed E-state index contributed by atoms with van der Waals surface area (Å²) in [6.45, 7) is -0.470. The lowest BCUT2D eigenvalue weighted by molar-refractivity contribution is -0.387. The van der Waals surface area contributed by atoms with Crippen molar-refractivity contribution in [1.82, 2.24) is 19.7 Å². The minimum Gasteiger partial charge on any atom is -0.454 e. The maximum Gasteiger partial charge on any atom is 0.338 e. The van der Waals surface area contributed by atoms with E-state index in [4.69, 9.17) is 4.74 Å². The minimum atomic E-state index is -0.826. The summed E-state index contributed by atoms with van der Waals surface area (Å²) < 4.78 is 6.56. The van der Waals surface area contributed by atoms with Crippen molar-refractivity contribution in [2.75, 3.05) is 6.61 Å². The number of rotatable bonds is 7. The predicted octanol–water partition coefficient (Wildman–Crippen LogP) is 2.24. The monoisotopic (exact) mass is 387 g/mol. The second kappa shape index (κ2) is 7.83. The number of hydrogen-bond acceptors (Lipinski definition) is 8. The zero-order valence-electron chi connectivity index (χ0n) is 14.0. The molecule has 0 saturated carbocycles. The van der Waals surface area contributed by atoms with Gasteiger partial charge < -0.3 is 14.3 Å². The van der Waals surface area contributed by atoms with Crippen LogP contribution in [0.5, 0.6) is 0 Å². The highest BCUT2D eigenvalue weighted by molar-refractivity contribution is 7.99. The molecule has 3 aromatic rings. The molecule has 0 aliphatic heterocycles. The first-order chi connectivity index (χ1) is 13.0. The number of H-pyrrole nitrogens is 1. The Morgan fingerprint density at radius 1 is 1.37 bits per heavy atom. The SMILES string of the molecule is Cn1cnnc1Sc1ccc(C(=O)OCC(=O)c2ccc[nH]2)cc1[N+](=O)[O-]. The molecular weight excluding hydrogens is 374 g/mol. The molecule has 0 radical (unpaired) electrons. The Labute approximate surface area is 156 Å². The third-order valence-corrected chi connectivity index (χ3v) is 4.61. The summed E-state index contributed by atoms with van der Waals surface area (Å²) in [5.41, 5.74) is 0.0145. The molecular formula is C16H13N5O5S. The highest BCUT2D eigenvalue weighted by Gasteiger charge is 2.21. The molecule has 27 heavy (non-hydrogen) atoms. The maximum absolute atomic E-state index is 12.1. The van der Waals surface area contributed by atoms with E-state index in [0.717, 1.165) is 17.8 Å². The minimum absolute atomic E-state index is 0.0247. The third-order valence-electron chi connectivity index (χ3n) is 3.50. The van der Waals surface area contributed by atoms with Crippen molar-refractivity contribution in [2.45, 2.75) is 10.1 Å². The van der Waals surface area contributed by atoms with Crippen molar-refractivity contribution in [3.05, 3.63) is 64.2 Å². The molecule has 10 nitrogen and oxygen atoms in total. The van der Waals surface area contributed by atoms with E-state index >= 15 is 0 Å². The fourth-order valence-corrected chi connectivity index (χ4v) is 2.98. The molecule has 0 fully saturated rings. The number of esters is 1. The van der Waals surface area contributed by atoms with E-state index < -0.39 is 23.3 Å². The molecule has 0 aliphatic rings. The lowest BCUT2D eigenvalue weighted by Gasteiger charge is -2.06. The van der Waals surface area contributed by atoms with Crippen LogP contribution in [0.3, 0.4) is 0 Å². The number of nitro groups is 1. The summed E-state index contributed by atoms with van der Waals surface area (Å²) in [6.07, 6.45) is 3.05. The number of nitrogens with zero attached hydrogens (tertiary/aromatic N) is 4. The molecule has 0 atom stereocenters. The van der Waals surface area contributed by atoms with Gasteiger partial charge in [-0.3, -0.25) is 14.9 Å². The molecule has 138 valence electrons. The number of nitro benzene ring substituents is 1. The van der Waals surface area contributed by atoms with Crippen molar-refractivity contribution in [3.8, 4) is 0 Å². The molecule has 0 spiro atoms. The Bertz CT molecular complexity index is 999. The summed E-state index contributed by atoms with van der Waals surface area (Å²) >= 11 is 1.05. The van der Waals surface area contributed by atoms with Crippen LogP contribution in [0, 0.1) is 10.1 Å². The molecule has 2 heterocycles. The number of aryl methyl sites for hydroxylation is 1. The Morgan fingerprint density at radius 2 is 2.19 bits per heavy atom. The average molecular weight is 387 g/mol. The van der Waals surface area contributed by atoms with E-state index in [2.05, 4.69) is 15.2 Å². The number of ketones is 1. The highest BCUT2D eigenvalue weighted by atomic mass is 32.2. The standard InChI is InChI=1S/C16H13N5O5S/c1-20-9-18-19-16(20)27-14-5-4-10(7-12(14)21(24)25)15(23)26-8-13(22)11-3-2-6-17-11/h2-7,9,17H,8H2,1H3. The van der Waals surface area contributed by atoms with Gasteiger partial charge in [0.25, 0.3) is 5.69 Å². The van der Waals surface area contributed by atoms with E-state index in [1.165, 1.54) is 18.5 Å². The second-order valence-corrected chi connectivity index (χ2v) is 6.36. The van der Waals surface area contributed by atoms with Gasteiger partial charge in [-0.1, -0.05) is 0 Å². The predicted molar refractivity (Wildman–Crippen MR) is 93.6 cm³/mol. The van der Waals surface area contributed by atoms with Crippen LogP contribution in [0.2, 0.25) is 0 Å².